The lowest BCUT2D eigenvalue weighted by molar-refractivity contribution is 0.179. The summed E-state index contributed by atoms with van der Waals surface area (Å²) in [6.45, 7) is 1.70. The van der Waals surface area contributed by atoms with Crippen molar-refractivity contribution in [1.82, 2.24) is 20.0 Å². The SMILES string of the molecule is O=C(NC1(C2CC2)CC1)N1CCC[C@H]1Cn1cccn1. The quantitative estimate of drug-likeness (QED) is 0.913. The van der Waals surface area contributed by atoms with Crippen LogP contribution in [0.25, 0.3) is 0 Å². The lowest BCUT2D eigenvalue weighted by Crippen LogP contribution is -2.49. The van der Waals surface area contributed by atoms with Gasteiger partial charge in [-0.3, -0.25) is 4.68 Å². The van der Waals surface area contributed by atoms with Crippen LogP contribution in [0, 0.1) is 5.92 Å². The molecule has 2 aliphatic carbocycles. The standard InChI is InChI=1S/C15H22N4O/c20-14(17-15(6-7-15)12-4-5-12)19-10-1-3-13(19)11-18-9-2-8-16-18/h2,8-9,12-13H,1,3-7,10-11H2,(H,17,20)/t13-/m0/s1. The van der Waals surface area contributed by atoms with Crippen LogP contribution >= 0.6 is 0 Å². The van der Waals surface area contributed by atoms with Gasteiger partial charge in [-0.2, -0.15) is 5.10 Å². The highest BCUT2D eigenvalue weighted by Gasteiger charge is 2.55. The van der Waals surface area contributed by atoms with E-state index in [0.717, 1.165) is 31.8 Å². The molecule has 20 heavy (non-hydrogen) atoms. The van der Waals surface area contributed by atoms with Crippen molar-refractivity contribution in [1.29, 1.82) is 0 Å². The molecule has 5 nitrogen and oxygen atoms in total. The molecule has 0 spiro atoms. The lowest BCUT2D eigenvalue weighted by atomic mass is 10.1. The maximum atomic E-state index is 12.6. The summed E-state index contributed by atoms with van der Waals surface area (Å²) in [4.78, 5) is 14.6. The van der Waals surface area contributed by atoms with E-state index < -0.39 is 0 Å². The zero-order valence-corrected chi connectivity index (χ0v) is 11.8. The van der Waals surface area contributed by atoms with E-state index in [0.29, 0.717) is 6.04 Å². The number of aromatic nitrogens is 2. The topological polar surface area (TPSA) is 50.2 Å². The van der Waals surface area contributed by atoms with Gasteiger partial charge in [0.25, 0.3) is 0 Å². The molecule has 0 bridgehead atoms. The average molecular weight is 274 g/mol. The number of urea groups is 1. The zero-order chi connectivity index (χ0) is 13.6. The first-order chi connectivity index (χ1) is 9.77. The summed E-state index contributed by atoms with van der Waals surface area (Å²) in [5, 5.41) is 7.60. The van der Waals surface area contributed by atoms with Crippen molar-refractivity contribution in [3.8, 4) is 0 Å². The van der Waals surface area contributed by atoms with Gasteiger partial charge in [-0.15, -0.1) is 0 Å². The number of nitrogens with zero attached hydrogens (tertiary/aromatic N) is 3. The van der Waals surface area contributed by atoms with Gasteiger partial charge >= 0.3 is 6.03 Å². The molecule has 1 aliphatic heterocycles. The first-order valence-corrected chi connectivity index (χ1v) is 7.83. The van der Waals surface area contributed by atoms with Crippen molar-refractivity contribution in [2.45, 2.75) is 56.7 Å². The van der Waals surface area contributed by atoms with Crippen molar-refractivity contribution >= 4 is 6.03 Å². The van der Waals surface area contributed by atoms with Crippen molar-refractivity contribution < 1.29 is 4.79 Å². The summed E-state index contributed by atoms with van der Waals surface area (Å²) in [7, 11) is 0. The highest BCUT2D eigenvalue weighted by molar-refractivity contribution is 5.76. The fraction of sp³-hybridized carbons (Fsp3) is 0.733. The molecule has 1 aromatic rings. The van der Waals surface area contributed by atoms with Gasteiger partial charge in [-0.05, 0) is 50.5 Å². The molecular formula is C15H22N4O. The van der Waals surface area contributed by atoms with Crippen LogP contribution in [0.15, 0.2) is 18.5 Å². The average Bonchev–Trinajstić information content (AvgIpc) is 3.33. The Balaban J connectivity index is 1.40. The molecule has 2 heterocycles. The van der Waals surface area contributed by atoms with Crippen LogP contribution in [0.1, 0.15) is 38.5 Å². The third kappa shape index (κ3) is 2.19. The van der Waals surface area contributed by atoms with E-state index in [1.165, 1.54) is 25.7 Å². The molecule has 0 aromatic carbocycles. The minimum atomic E-state index is 0.157. The van der Waals surface area contributed by atoms with Gasteiger partial charge in [-0.1, -0.05) is 0 Å². The zero-order valence-electron chi connectivity index (χ0n) is 11.8. The molecule has 108 valence electrons. The van der Waals surface area contributed by atoms with Gasteiger partial charge in [0.15, 0.2) is 0 Å². The monoisotopic (exact) mass is 274 g/mol. The number of amides is 2. The Morgan fingerprint density at radius 2 is 2.20 bits per heavy atom. The molecule has 1 saturated heterocycles. The highest BCUT2D eigenvalue weighted by Crippen LogP contribution is 2.53. The molecule has 0 unspecified atom stereocenters. The lowest BCUT2D eigenvalue weighted by Gasteiger charge is -2.28. The van der Waals surface area contributed by atoms with E-state index >= 15 is 0 Å². The minimum absolute atomic E-state index is 0.157. The predicted molar refractivity (Wildman–Crippen MR) is 75.2 cm³/mol. The van der Waals surface area contributed by atoms with Crippen molar-refractivity contribution in [2.24, 2.45) is 5.92 Å². The molecule has 1 atom stereocenters. The summed E-state index contributed by atoms with van der Waals surface area (Å²) >= 11 is 0. The van der Waals surface area contributed by atoms with Crippen LogP contribution in [0.5, 0.6) is 0 Å². The summed E-state index contributed by atoms with van der Waals surface area (Å²) < 4.78 is 1.93. The number of rotatable bonds is 4. The molecule has 1 N–H and O–H groups in total. The summed E-state index contributed by atoms with van der Waals surface area (Å²) in [6.07, 6.45) is 10.9. The number of carbonyl (C=O) groups excluding carboxylic acids is 1. The van der Waals surface area contributed by atoms with E-state index in [-0.39, 0.29) is 11.6 Å². The molecule has 2 amide bonds. The van der Waals surface area contributed by atoms with Gasteiger partial charge < -0.3 is 10.2 Å². The van der Waals surface area contributed by atoms with E-state index in [2.05, 4.69) is 10.4 Å². The van der Waals surface area contributed by atoms with Gasteiger partial charge in [0.05, 0.1) is 12.6 Å². The number of hydrogen-bond acceptors (Lipinski definition) is 2. The molecule has 1 aromatic heterocycles. The third-order valence-corrected chi connectivity index (χ3v) is 5.10. The first kappa shape index (κ1) is 12.2. The third-order valence-electron chi connectivity index (χ3n) is 5.10. The molecule has 2 saturated carbocycles. The van der Waals surface area contributed by atoms with E-state index in [1.807, 2.05) is 21.8 Å². The number of carbonyl (C=O) groups is 1. The predicted octanol–water partition coefficient (Wildman–Crippen LogP) is 2.00. The Kier molecular flexibility index (Phi) is 2.75. The summed E-state index contributed by atoms with van der Waals surface area (Å²) in [5.74, 6) is 0.763. The van der Waals surface area contributed by atoms with Crippen LogP contribution < -0.4 is 5.32 Å². The second-order valence-corrected chi connectivity index (χ2v) is 6.58. The van der Waals surface area contributed by atoms with Gasteiger partial charge in [0.2, 0.25) is 0 Å². The number of hydrogen-bond donors (Lipinski definition) is 1. The van der Waals surface area contributed by atoms with Crippen LogP contribution in [0.3, 0.4) is 0 Å². The number of nitrogens with one attached hydrogen (secondary N) is 1. The Hall–Kier alpha value is -1.52. The summed E-state index contributed by atoms with van der Waals surface area (Å²) in [5.41, 5.74) is 0.177. The minimum Gasteiger partial charge on any atom is -0.332 e. The maximum absolute atomic E-state index is 12.6. The molecule has 3 aliphatic rings. The normalized spacial score (nSPS) is 27.6. The molecule has 3 fully saturated rings. The Morgan fingerprint density at radius 1 is 1.35 bits per heavy atom. The van der Waals surface area contributed by atoms with Crippen molar-refractivity contribution in [3.63, 3.8) is 0 Å². The molecular weight excluding hydrogens is 252 g/mol. The van der Waals surface area contributed by atoms with Crippen LogP contribution in [-0.4, -0.2) is 38.8 Å². The van der Waals surface area contributed by atoms with Gasteiger partial charge in [0.1, 0.15) is 0 Å². The Morgan fingerprint density at radius 3 is 2.85 bits per heavy atom. The fourth-order valence-corrected chi connectivity index (χ4v) is 3.61. The Labute approximate surface area is 119 Å². The van der Waals surface area contributed by atoms with Crippen LogP contribution in [0.2, 0.25) is 0 Å². The molecule has 4 rings (SSSR count). The van der Waals surface area contributed by atoms with Crippen molar-refractivity contribution in [3.05, 3.63) is 18.5 Å². The van der Waals surface area contributed by atoms with Crippen LogP contribution in [-0.2, 0) is 6.54 Å². The smallest absolute Gasteiger partial charge is 0.318 e. The molecule has 0 radical (unpaired) electrons. The summed E-state index contributed by atoms with van der Waals surface area (Å²) in [6, 6.07) is 2.39. The first-order valence-electron chi connectivity index (χ1n) is 7.83. The largest absolute Gasteiger partial charge is 0.332 e. The van der Waals surface area contributed by atoms with E-state index in [1.54, 1.807) is 6.20 Å². The van der Waals surface area contributed by atoms with Crippen molar-refractivity contribution in [2.75, 3.05) is 6.54 Å². The second-order valence-electron chi connectivity index (χ2n) is 6.58. The number of likely N-dealkylation sites (tertiary alicyclic amines) is 1. The van der Waals surface area contributed by atoms with Crippen LogP contribution in [0.4, 0.5) is 4.79 Å². The maximum Gasteiger partial charge on any atom is 0.318 e. The van der Waals surface area contributed by atoms with E-state index in [4.69, 9.17) is 0 Å². The highest BCUT2D eigenvalue weighted by atomic mass is 16.2. The van der Waals surface area contributed by atoms with Gasteiger partial charge in [0, 0.05) is 24.5 Å². The van der Waals surface area contributed by atoms with Gasteiger partial charge in [-0.25, -0.2) is 4.79 Å². The molecule has 5 heteroatoms. The second kappa shape index (κ2) is 4.50. The fourth-order valence-electron chi connectivity index (χ4n) is 3.61. The Bertz CT molecular complexity index is 490. The van der Waals surface area contributed by atoms with E-state index in [9.17, 15) is 4.79 Å².